The SMILES string of the molecule is Cc1cccc(C(=O)NCCc2coc(-c3ccc(F)cc3)n2)c1F. The average molecular weight is 342 g/mol. The van der Waals surface area contributed by atoms with Gasteiger partial charge in [0.2, 0.25) is 5.89 Å². The van der Waals surface area contributed by atoms with Crippen molar-refractivity contribution in [2.45, 2.75) is 13.3 Å². The zero-order valence-electron chi connectivity index (χ0n) is 13.6. The number of benzene rings is 2. The largest absolute Gasteiger partial charge is 0.444 e. The van der Waals surface area contributed by atoms with Gasteiger partial charge in [0.1, 0.15) is 17.9 Å². The lowest BCUT2D eigenvalue weighted by atomic mass is 10.1. The maximum atomic E-state index is 13.9. The predicted molar refractivity (Wildman–Crippen MR) is 89.1 cm³/mol. The Bertz CT molecular complexity index is 889. The summed E-state index contributed by atoms with van der Waals surface area (Å²) in [5.41, 5.74) is 1.75. The van der Waals surface area contributed by atoms with Gasteiger partial charge in [-0.3, -0.25) is 4.79 Å². The standard InChI is InChI=1S/C19H16F2N2O2/c1-12-3-2-4-16(17(12)21)18(24)22-10-9-15-11-25-19(23-15)13-5-7-14(20)8-6-13/h2-8,11H,9-10H2,1H3,(H,22,24). The number of nitrogens with zero attached hydrogens (tertiary/aromatic N) is 1. The molecule has 0 spiro atoms. The molecule has 0 saturated carbocycles. The molecule has 1 N–H and O–H groups in total. The van der Waals surface area contributed by atoms with E-state index in [1.807, 2.05) is 0 Å². The normalized spacial score (nSPS) is 10.7. The van der Waals surface area contributed by atoms with Gasteiger partial charge in [0.25, 0.3) is 5.91 Å². The predicted octanol–water partition coefficient (Wildman–Crippen LogP) is 3.90. The number of amides is 1. The second kappa shape index (κ2) is 7.25. The van der Waals surface area contributed by atoms with Crippen molar-refractivity contribution in [3.05, 3.63) is 77.2 Å². The van der Waals surface area contributed by atoms with Crippen LogP contribution in [-0.4, -0.2) is 17.4 Å². The maximum absolute atomic E-state index is 13.9. The lowest BCUT2D eigenvalue weighted by Gasteiger charge is -2.06. The van der Waals surface area contributed by atoms with Gasteiger partial charge in [0.15, 0.2) is 0 Å². The fourth-order valence-corrected chi connectivity index (χ4v) is 2.37. The summed E-state index contributed by atoms with van der Waals surface area (Å²) in [6.07, 6.45) is 1.92. The van der Waals surface area contributed by atoms with Crippen LogP contribution in [-0.2, 0) is 6.42 Å². The molecule has 6 heteroatoms. The van der Waals surface area contributed by atoms with Crippen LogP contribution < -0.4 is 5.32 Å². The Balaban J connectivity index is 1.58. The molecule has 3 aromatic rings. The van der Waals surface area contributed by atoms with Gasteiger partial charge in [0.05, 0.1) is 11.3 Å². The van der Waals surface area contributed by atoms with Crippen LogP contribution in [0.5, 0.6) is 0 Å². The number of hydrogen-bond donors (Lipinski definition) is 1. The third kappa shape index (κ3) is 3.91. The van der Waals surface area contributed by atoms with Crippen molar-refractivity contribution >= 4 is 5.91 Å². The number of oxazole rings is 1. The Kier molecular flexibility index (Phi) is 4.88. The number of aromatic nitrogens is 1. The molecule has 0 fully saturated rings. The average Bonchev–Trinajstić information content (AvgIpc) is 3.07. The molecule has 1 amide bonds. The summed E-state index contributed by atoms with van der Waals surface area (Å²) in [4.78, 5) is 16.3. The highest BCUT2D eigenvalue weighted by Gasteiger charge is 2.13. The number of hydrogen-bond acceptors (Lipinski definition) is 3. The molecule has 0 aliphatic rings. The second-order valence-electron chi connectivity index (χ2n) is 5.59. The quantitative estimate of drug-likeness (QED) is 0.765. The summed E-state index contributed by atoms with van der Waals surface area (Å²) in [5.74, 6) is -0.934. The van der Waals surface area contributed by atoms with Gasteiger partial charge in [-0.05, 0) is 42.8 Å². The summed E-state index contributed by atoms with van der Waals surface area (Å²) in [6, 6.07) is 10.5. The first kappa shape index (κ1) is 16.8. The van der Waals surface area contributed by atoms with Gasteiger partial charge >= 0.3 is 0 Å². The van der Waals surface area contributed by atoms with Gasteiger partial charge < -0.3 is 9.73 Å². The number of carbonyl (C=O) groups excluding carboxylic acids is 1. The van der Waals surface area contributed by atoms with E-state index in [2.05, 4.69) is 10.3 Å². The first-order valence-electron chi connectivity index (χ1n) is 7.78. The summed E-state index contributed by atoms with van der Waals surface area (Å²) < 4.78 is 32.2. The Morgan fingerprint density at radius 2 is 1.92 bits per heavy atom. The molecule has 0 atom stereocenters. The van der Waals surface area contributed by atoms with Gasteiger partial charge in [-0.2, -0.15) is 0 Å². The minimum absolute atomic E-state index is 0.0205. The van der Waals surface area contributed by atoms with Crippen molar-refractivity contribution in [1.82, 2.24) is 10.3 Å². The van der Waals surface area contributed by atoms with Gasteiger partial charge in [0, 0.05) is 18.5 Å². The molecule has 1 aromatic heterocycles. The lowest BCUT2D eigenvalue weighted by molar-refractivity contribution is 0.0950. The van der Waals surface area contributed by atoms with E-state index in [0.717, 1.165) is 0 Å². The second-order valence-corrected chi connectivity index (χ2v) is 5.59. The van der Waals surface area contributed by atoms with E-state index in [-0.39, 0.29) is 11.4 Å². The topological polar surface area (TPSA) is 55.1 Å². The first-order chi connectivity index (χ1) is 12.0. The van der Waals surface area contributed by atoms with Crippen molar-refractivity contribution in [2.75, 3.05) is 6.54 Å². The zero-order valence-corrected chi connectivity index (χ0v) is 13.6. The fraction of sp³-hybridized carbons (Fsp3) is 0.158. The zero-order chi connectivity index (χ0) is 17.8. The highest BCUT2D eigenvalue weighted by Crippen LogP contribution is 2.19. The van der Waals surface area contributed by atoms with Gasteiger partial charge in [-0.1, -0.05) is 12.1 Å². The number of halogens is 2. The minimum Gasteiger partial charge on any atom is -0.444 e. The van der Waals surface area contributed by atoms with E-state index < -0.39 is 11.7 Å². The molecule has 0 radical (unpaired) electrons. The van der Waals surface area contributed by atoms with Crippen molar-refractivity contribution < 1.29 is 18.0 Å². The Hall–Kier alpha value is -3.02. The Morgan fingerprint density at radius 1 is 1.16 bits per heavy atom. The van der Waals surface area contributed by atoms with Crippen molar-refractivity contribution in [3.63, 3.8) is 0 Å². The molecule has 25 heavy (non-hydrogen) atoms. The molecule has 3 rings (SSSR count). The highest BCUT2D eigenvalue weighted by molar-refractivity contribution is 5.94. The van der Waals surface area contributed by atoms with E-state index in [1.54, 1.807) is 31.2 Å². The van der Waals surface area contributed by atoms with Gasteiger partial charge in [-0.25, -0.2) is 13.8 Å². The van der Waals surface area contributed by atoms with Crippen LogP contribution in [0.3, 0.4) is 0 Å². The van der Waals surface area contributed by atoms with Crippen LogP contribution in [0.4, 0.5) is 8.78 Å². The van der Waals surface area contributed by atoms with Crippen molar-refractivity contribution in [2.24, 2.45) is 0 Å². The highest BCUT2D eigenvalue weighted by atomic mass is 19.1. The van der Waals surface area contributed by atoms with Crippen molar-refractivity contribution in [3.8, 4) is 11.5 Å². The number of rotatable bonds is 5. The molecular formula is C19H16F2N2O2. The molecular weight excluding hydrogens is 326 g/mol. The summed E-state index contributed by atoms with van der Waals surface area (Å²) in [5, 5.41) is 2.66. The molecule has 0 unspecified atom stereocenters. The smallest absolute Gasteiger partial charge is 0.254 e. The molecule has 2 aromatic carbocycles. The van der Waals surface area contributed by atoms with E-state index in [1.165, 1.54) is 24.5 Å². The molecule has 0 saturated heterocycles. The van der Waals surface area contributed by atoms with Gasteiger partial charge in [-0.15, -0.1) is 0 Å². The third-order valence-corrected chi connectivity index (χ3v) is 3.75. The molecule has 1 heterocycles. The van der Waals surface area contributed by atoms with Crippen LogP contribution in [0.2, 0.25) is 0 Å². The fourth-order valence-electron chi connectivity index (χ4n) is 2.37. The van der Waals surface area contributed by atoms with E-state index in [9.17, 15) is 13.6 Å². The van der Waals surface area contributed by atoms with Crippen LogP contribution in [0, 0.1) is 18.6 Å². The summed E-state index contributed by atoms with van der Waals surface area (Å²) in [7, 11) is 0. The molecule has 4 nitrogen and oxygen atoms in total. The van der Waals surface area contributed by atoms with Crippen LogP contribution in [0.1, 0.15) is 21.6 Å². The monoisotopic (exact) mass is 342 g/mol. The third-order valence-electron chi connectivity index (χ3n) is 3.75. The summed E-state index contributed by atoms with van der Waals surface area (Å²) in [6.45, 7) is 1.90. The Morgan fingerprint density at radius 3 is 2.68 bits per heavy atom. The lowest BCUT2D eigenvalue weighted by Crippen LogP contribution is -2.26. The van der Waals surface area contributed by atoms with Crippen LogP contribution in [0.15, 0.2) is 53.1 Å². The maximum Gasteiger partial charge on any atom is 0.254 e. The Labute approximate surface area is 143 Å². The number of nitrogens with one attached hydrogen (secondary N) is 1. The first-order valence-corrected chi connectivity index (χ1v) is 7.78. The van der Waals surface area contributed by atoms with E-state index in [4.69, 9.17) is 4.42 Å². The van der Waals surface area contributed by atoms with Crippen LogP contribution in [0.25, 0.3) is 11.5 Å². The minimum atomic E-state index is -0.514. The number of aryl methyl sites for hydroxylation is 1. The van der Waals surface area contributed by atoms with E-state index in [0.29, 0.717) is 35.7 Å². The molecule has 0 aliphatic heterocycles. The van der Waals surface area contributed by atoms with E-state index >= 15 is 0 Å². The number of carbonyl (C=O) groups is 1. The summed E-state index contributed by atoms with van der Waals surface area (Å²) >= 11 is 0. The molecule has 0 aliphatic carbocycles. The van der Waals surface area contributed by atoms with Crippen molar-refractivity contribution in [1.29, 1.82) is 0 Å². The van der Waals surface area contributed by atoms with Crippen LogP contribution >= 0.6 is 0 Å². The molecule has 0 bridgehead atoms. The molecule has 128 valence electrons.